The van der Waals surface area contributed by atoms with E-state index in [0.717, 1.165) is 22.8 Å². The van der Waals surface area contributed by atoms with E-state index in [9.17, 15) is 4.79 Å². The van der Waals surface area contributed by atoms with Gasteiger partial charge in [0.05, 0.1) is 24.4 Å². The number of halogens is 1. The minimum absolute atomic E-state index is 0.193. The van der Waals surface area contributed by atoms with E-state index in [2.05, 4.69) is 25.8 Å². The Morgan fingerprint density at radius 3 is 2.59 bits per heavy atom. The number of rotatable bonds is 5. The van der Waals surface area contributed by atoms with Crippen LogP contribution in [0.2, 0.25) is 5.02 Å². The van der Waals surface area contributed by atoms with Crippen LogP contribution in [0.4, 0.5) is 5.69 Å². The molecule has 0 amide bonds. The molecule has 4 aromatic rings. The van der Waals surface area contributed by atoms with Gasteiger partial charge in [-0.1, -0.05) is 23.7 Å². The van der Waals surface area contributed by atoms with Crippen LogP contribution in [0.3, 0.4) is 0 Å². The van der Waals surface area contributed by atoms with Gasteiger partial charge in [0.2, 0.25) is 0 Å². The first-order valence-corrected chi connectivity index (χ1v) is 11.5. The van der Waals surface area contributed by atoms with Crippen LogP contribution in [-0.4, -0.2) is 27.7 Å². The van der Waals surface area contributed by atoms with Gasteiger partial charge >= 0.3 is 5.97 Å². The second-order valence-corrected chi connectivity index (χ2v) is 8.64. The molecule has 1 aliphatic rings. The molecule has 8 heteroatoms. The Bertz CT molecular complexity index is 1340. The van der Waals surface area contributed by atoms with Crippen molar-refractivity contribution in [2.75, 3.05) is 12.0 Å². The Kier molecular flexibility index (Phi) is 6.04. The monoisotopic (exact) mass is 488 g/mol. The average Bonchev–Trinajstić information content (AvgIpc) is 3.49. The number of nitrogens with zero attached hydrogens (tertiary/aromatic N) is 3. The number of thiocarbonyl (C=S) groups is 1. The first kappa shape index (κ1) is 22.1. The van der Waals surface area contributed by atoms with Gasteiger partial charge < -0.3 is 19.5 Å². The molecule has 3 heterocycles. The zero-order valence-corrected chi connectivity index (χ0v) is 19.8. The summed E-state index contributed by atoms with van der Waals surface area (Å²) >= 11 is 12.0. The summed E-state index contributed by atoms with van der Waals surface area (Å²) in [6.45, 7) is 0. The normalized spacial score (nSPS) is 17.5. The van der Waals surface area contributed by atoms with Crippen molar-refractivity contribution in [2.24, 2.45) is 0 Å². The van der Waals surface area contributed by atoms with Crippen LogP contribution < -0.4 is 10.2 Å². The van der Waals surface area contributed by atoms with Gasteiger partial charge in [0.1, 0.15) is 6.04 Å². The number of anilines is 1. The van der Waals surface area contributed by atoms with Gasteiger partial charge in [0.25, 0.3) is 0 Å². The van der Waals surface area contributed by atoms with Crippen LogP contribution in [0.5, 0.6) is 0 Å². The lowest BCUT2D eigenvalue weighted by Gasteiger charge is -2.29. The molecule has 0 radical (unpaired) electrons. The molecular weight excluding hydrogens is 468 g/mol. The van der Waals surface area contributed by atoms with Crippen LogP contribution in [0.25, 0.3) is 5.69 Å². The fourth-order valence-electron chi connectivity index (χ4n) is 4.31. The summed E-state index contributed by atoms with van der Waals surface area (Å²) in [5.74, 6) is -0.381. The number of nitrogens with one attached hydrogen (secondary N) is 1. The summed E-state index contributed by atoms with van der Waals surface area (Å²) in [6, 6.07) is 24.5. The summed E-state index contributed by atoms with van der Waals surface area (Å²) in [4.78, 5) is 18.8. The molecule has 170 valence electrons. The first-order valence-electron chi connectivity index (χ1n) is 10.7. The number of carbonyl (C=O) groups excluding carboxylic acids is 1. The Morgan fingerprint density at radius 2 is 1.85 bits per heavy atom. The fourth-order valence-corrected chi connectivity index (χ4v) is 4.78. The van der Waals surface area contributed by atoms with Crippen molar-refractivity contribution in [2.45, 2.75) is 12.1 Å². The third-order valence-electron chi connectivity index (χ3n) is 5.83. The molecule has 2 atom stereocenters. The summed E-state index contributed by atoms with van der Waals surface area (Å²) in [6.07, 6.45) is 3.75. The molecule has 2 unspecified atom stereocenters. The number of benzene rings is 2. The second-order valence-electron chi connectivity index (χ2n) is 7.82. The summed E-state index contributed by atoms with van der Waals surface area (Å²) < 4.78 is 6.97. The number of hydrogen-bond acceptors (Lipinski definition) is 4. The zero-order valence-electron chi connectivity index (χ0n) is 18.3. The number of aromatic nitrogens is 2. The maximum Gasteiger partial charge on any atom is 0.337 e. The largest absolute Gasteiger partial charge is 0.465 e. The molecular formula is C26H21ClN4O2S. The van der Waals surface area contributed by atoms with Gasteiger partial charge in [0.15, 0.2) is 5.11 Å². The molecule has 2 aromatic carbocycles. The lowest BCUT2D eigenvalue weighted by Crippen LogP contribution is -2.30. The minimum Gasteiger partial charge on any atom is -0.465 e. The van der Waals surface area contributed by atoms with E-state index in [-0.39, 0.29) is 18.1 Å². The Morgan fingerprint density at radius 1 is 1.03 bits per heavy atom. The van der Waals surface area contributed by atoms with Crippen molar-refractivity contribution < 1.29 is 9.53 Å². The van der Waals surface area contributed by atoms with Gasteiger partial charge in [-0.05, 0) is 78.9 Å². The minimum atomic E-state index is -0.381. The van der Waals surface area contributed by atoms with Crippen LogP contribution in [-0.2, 0) is 4.74 Å². The molecule has 2 aromatic heterocycles. The van der Waals surface area contributed by atoms with Crippen LogP contribution >= 0.6 is 23.8 Å². The van der Waals surface area contributed by atoms with Crippen LogP contribution in [0.1, 0.15) is 33.8 Å². The van der Waals surface area contributed by atoms with Crippen molar-refractivity contribution >= 4 is 40.6 Å². The first-order chi connectivity index (χ1) is 16.6. The number of carbonyl (C=O) groups is 1. The SMILES string of the molecule is COC(=O)c1cccc(-n2cccc2C2C(c3ccccn3)NC(=S)N2c2ccc(Cl)cc2)c1. The fraction of sp³-hybridized carbons (Fsp3) is 0.115. The van der Waals surface area contributed by atoms with E-state index in [1.807, 2.05) is 72.9 Å². The number of pyridine rings is 1. The molecule has 0 bridgehead atoms. The number of methoxy groups -OCH3 is 1. The molecule has 0 spiro atoms. The predicted molar refractivity (Wildman–Crippen MR) is 136 cm³/mol. The van der Waals surface area contributed by atoms with Crippen molar-refractivity contribution in [1.82, 2.24) is 14.9 Å². The van der Waals surface area contributed by atoms with Crippen molar-refractivity contribution in [1.29, 1.82) is 0 Å². The number of ether oxygens (including phenoxy) is 1. The topological polar surface area (TPSA) is 59.4 Å². The van der Waals surface area contributed by atoms with Gasteiger partial charge in [-0.25, -0.2) is 4.79 Å². The maximum absolute atomic E-state index is 12.1. The third kappa shape index (κ3) is 4.04. The summed E-state index contributed by atoms with van der Waals surface area (Å²) in [5.41, 5.74) is 4.11. The number of hydrogen-bond donors (Lipinski definition) is 1. The highest BCUT2D eigenvalue weighted by molar-refractivity contribution is 7.80. The molecule has 1 N–H and O–H groups in total. The zero-order chi connectivity index (χ0) is 23.7. The molecule has 1 aliphatic heterocycles. The lowest BCUT2D eigenvalue weighted by molar-refractivity contribution is 0.0600. The second kappa shape index (κ2) is 9.29. The van der Waals surface area contributed by atoms with Gasteiger partial charge in [-0.2, -0.15) is 0 Å². The van der Waals surface area contributed by atoms with Gasteiger partial charge in [0, 0.05) is 34.5 Å². The van der Waals surface area contributed by atoms with E-state index in [4.69, 9.17) is 28.6 Å². The smallest absolute Gasteiger partial charge is 0.337 e. The Hall–Kier alpha value is -3.68. The summed E-state index contributed by atoms with van der Waals surface area (Å²) in [7, 11) is 1.38. The van der Waals surface area contributed by atoms with Crippen LogP contribution in [0.15, 0.2) is 91.3 Å². The van der Waals surface area contributed by atoms with Crippen molar-refractivity contribution in [3.63, 3.8) is 0 Å². The quantitative estimate of drug-likeness (QED) is 0.296. The van der Waals surface area contributed by atoms with Crippen LogP contribution in [0, 0.1) is 0 Å². The summed E-state index contributed by atoms with van der Waals surface area (Å²) in [5, 5.41) is 4.72. The maximum atomic E-state index is 12.1. The van der Waals surface area contributed by atoms with E-state index in [1.54, 1.807) is 12.3 Å². The molecule has 1 saturated heterocycles. The Labute approximate surface area is 207 Å². The van der Waals surface area contributed by atoms with Gasteiger partial charge in [-0.15, -0.1) is 0 Å². The number of esters is 1. The average molecular weight is 489 g/mol. The van der Waals surface area contributed by atoms with Gasteiger partial charge in [-0.3, -0.25) is 4.98 Å². The molecule has 6 nitrogen and oxygen atoms in total. The van der Waals surface area contributed by atoms with Crippen molar-refractivity contribution in [3.05, 3.63) is 113 Å². The van der Waals surface area contributed by atoms with E-state index in [1.165, 1.54) is 7.11 Å². The molecule has 1 fully saturated rings. The Balaban J connectivity index is 1.65. The van der Waals surface area contributed by atoms with E-state index < -0.39 is 0 Å². The molecule has 34 heavy (non-hydrogen) atoms. The lowest BCUT2D eigenvalue weighted by atomic mass is 10.0. The molecule has 0 aliphatic carbocycles. The predicted octanol–water partition coefficient (Wildman–Crippen LogP) is 5.49. The third-order valence-corrected chi connectivity index (χ3v) is 6.40. The standard InChI is InChI=1S/C26H21ClN4O2S/c1-33-25(32)17-6-4-7-20(16-17)30-15-5-9-22(30)24-23(21-8-2-3-14-28-21)29-26(34)31(24)19-12-10-18(27)11-13-19/h2-16,23-24H,1H3,(H,29,34). The molecule has 5 rings (SSSR count). The highest BCUT2D eigenvalue weighted by Crippen LogP contribution is 2.42. The molecule has 0 saturated carbocycles. The highest BCUT2D eigenvalue weighted by Gasteiger charge is 2.42. The van der Waals surface area contributed by atoms with E-state index >= 15 is 0 Å². The van der Waals surface area contributed by atoms with Crippen molar-refractivity contribution in [3.8, 4) is 5.69 Å². The van der Waals surface area contributed by atoms with E-state index in [0.29, 0.717) is 15.7 Å². The highest BCUT2D eigenvalue weighted by atomic mass is 35.5.